The number of hydrogen-bond donors (Lipinski definition) is 2. The van der Waals surface area contributed by atoms with Gasteiger partial charge < -0.3 is 15.0 Å². The molecule has 26 heavy (non-hydrogen) atoms. The SMILES string of the molecule is O=C(CCOc1ccccc1)NCC1(c2c[nH]c3ccc(Cl)cc23)CC1. The number of ether oxygens (including phenoxy) is 1. The van der Waals surface area contributed by atoms with Crippen molar-refractivity contribution >= 4 is 28.4 Å². The summed E-state index contributed by atoms with van der Waals surface area (Å²) in [7, 11) is 0. The highest BCUT2D eigenvalue weighted by atomic mass is 35.5. The Morgan fingerprint density at radius 2 is 2.00 bits per heavy atom. The van der Waals surface area contributed by atoms with Gasteiger partial charge in [0.2, 0.25) is 5.91 Å². The quantitative estimate of drug-likeness (QED) is 0.647. The second-order valence-electron chi connectivity index (χ2n) is 6.86. The molecule has 0 bridgehead atoms. The number of H-pyrrole nitrogens is 1. The summed E-state index contributed by atoms with van der Waals surface area (Å²) in [6.45, 7) is 1.03. The Labute approximate surface area is 157 Å². The van der Waals surface area contributed by atoms with Crippen LogP contribution in [0.25, 0.3) is 10.9 Å². The highest BCUT2D eigenvalue weighted by molar-refractivity contribution is 6.31. The summed E-state index contributed by atoms with van der Waals surface area (Å²) in [4.78, 5) is 15.5. The number of carbonyl (C=O) groups is 1. The average molecular weight is 369 g/mol. The van der Waals surface area contributed by atoms with Crippen LogP contribution in [-0.2, 0) is 10.2 Å². The molecule has 1 saturated carbocycles. The molecule has 5 heteroatoms. The molecule has 0 unspecified atom stereocenters. The van der Waals surface area contributed by atoms with Gasteiger partial charge in [0.05, 0.1) is 13.0 Å². The Morgan fingerprint density at radius 3 is 2.77 bits per heavy atom. The summed E-state index contributed by atoms with van der Waals surface area (Å²) >= 11 is 6.16. The van der Waals surface area contributed by atoms with Crippen LogP contribution in [0.2, 0.25) is 5.02 Å². The summed E-state index contributed by atoms with van der Waals surface area (Å²) in [5.41, 5.74) is 2.35. The number of nitrogens with one attached hydrogen (secondary N) is 2. The molecule has 134 valence electrons. The van der Waals surface area contributed by atoms with Crippen molar-refractivity contribution in [1.29, 1.82) is 0 Å². The van der Waals surface area contributed by atoms with E-state index in [1.165, 1.54) is 5.56 Å². The van der Waals surface area contributed by atoms with E-state index in [1.54, 1.807) is 0 Å². The number of benzene rings is 2. The first-order valence-corrected chi connectivity index (χ1v) is 9.26. The van der Waals surface area contributed by atoms with Crippen LogP contribution in [0.15, 0.2) is 54.7 Å². The number of hydrogen-bond acceptors (Lipinski definition) is 2. The van der Waals surface area contributed by atoms with E-state index in [0.29, 0.717) is 19.6 Å². The predicted molar refractivity (Wildman–Crippen MR) is 104 cm³/mol. The van der Waals surface area contributed by atoms with Gasteiger partial charge in [0, 0.05) is 34.1 Å². The van der Waals surface area contributed by atoms with E-state index in [0.717, 1.165) is 34.5 Å². The molecule has 1 aliphatic carbocycles. The van der Waals surface area contributed by atoms with Crippen molar-refractivity contribution in [2.75, 3.05) is 13.2 Å². The molecule has 0 radical (unpaired) electrons. The standard InChI is InChI=1S/C21H21ClN2O2/c22-15-6-7-19-17(12-15)18(13-23-19)21(9-10-21)14-24-20(25)8-11-26-16-4-2-1-3-5-16/h1-7,12-13,23H,8-11,14H2,(H,24,25). The van der Waals surface area contributed by atoms with Gasteiger partial charge in [-0.05, 0) is 48.7 Å². The highest BCUT2D eigenvalue weighted by Crippen LogP contribution is 2.50. The number of carbonyl (C=O) groups excluding carboxylic acids is 1. The molecule has 1 aromatic heterocycles. The molecule has 2 aromatic carbocycles. The average Bonchev–Trinajstić information content (AvgIpc) is 3.32. The molecule has 4 nitrogen and oxygen atoms in total. The Kier molecular flexibility index (Phi) is 4.60. The topological polar surface area (TPSA) is 54.1 Å². The largest absolute Gasteiger partial charge is 0.493 e. The van der Waals surface area contributed by atoms with Crippen molar-refractivity contribution in [3.8, 4) is 5.75 Å². The van der Waals surface area contributed by atoms with Crippen LogP contribution in [0.5, 0.6) is 5.75 Å². The van der Waals surface area contributed by atoms with Crippen LogP contribution in [0.1, 0.15) is 24.8 Å². The first-order chi connectivity index (χ1) is 12.7. The molecule has 0 atom stereocenters. The van der Waals surface area contributed by atoms with Crippen LogP contribution in [0.4, 0.5) is 0 Å². The van der Waals surface area contributed by atoms with Crippen LogP contribution in [0, 0.1) is 0 Å². The molecule has 2 N–H and O–H groups in total. The zero-order chi connectivity index (χ0) is 18.0. The Bertz CT molecular complexity index is 916. The number of para-hydroxylation sites is 1. The van der Waals surface area contributed by atoms with Crippen molar-refractivity contribution in [1.82, 2.24) is 10.3 Å². The van der Waals surface area contributed by atoms with Gasteiger partial charge in [-0.25, -0.2) is 0 Å². The minimum absolute atomic E-state index is 0.0186. The van der Waals surface area contributed by atoms with Gasteiger partial charge in [-0.2, -0.15) is 0 Å². The normalized spacial score (nSPS) is 15.0. The van der Waals surface area contributed by atoms with Gasteiger partial charge in [-0.15, -0.1) is 0 Å². The van der Waals surface area contributed by atoms with Crippen molar-refractivity contribution in [2.45, 2.75) is 24.7 Å². The lowest BCUT2D eigenvalue weighted by molar-refractivity contribution is -0.121. The van der Waals surface area contributed by atoms with Gasteiger partial charge in [-0.3, -0.25) is 4.79 Å². The Hall–Kier alpha value is -2.46. The first kappa shape index (κ1) is 17.0. The summed E-state index contributed by atoms with van der Waals surface area (Å²) in [6, 6.07) is 15.4. The van der Waals surface area contributed by atoms with Crippen molar-refractivity contribution in [3.05, 3.63) is 65.3 Å². The predicted octanol–water partition coefficient (Wildman–Crippen LogP) is 4.44. The molecule has 1 heterocycles. The molecular weight excluding hydrogens is 348 g/mol. The molecule has 3 aromatic rings. The fraction of sp³-hybridized carbons (Fsp3) is 0.286. The van der Waals surface area contributed by atoms with Gasteiger partial charge in [0.1, 0.15) is 5.75 Å². The zero-order valence-electron chi connectivity index (χ0n) is 14.4. The first-order valence-electron chi connectivity index (χ1n) is 8.88. The third-order valence-corrected chi connectivity index (χ3v) is 5.27. The lowest BCUT2D eigenvalue weighted by Crippen LogP contribution is -2.32. The second kappa shape index (κ2) is 7.04. The van der Waals surface area contributed by atoms with Crippen LogP contribution in [0.3, 0.4) is 0 Å². The van der Waals surface area contributed by atoms with Crippen LogP contribution < -0.4 is 10.1 Å². The maximum absolute atomic E-state index is 12.2. The molecule has 0 saturated heterocycles. The van der Waals surface area contributed by atoms with Gasteiger partial charge >= 0.3 is 0 Å². The van der Waals surface area contributed by atoms with E-state index in [4.69, 9.17) is 16.3 Å². The molecular formula is C21H21ClN2O2. The summed E-state index contributed by atoms with van der Waals surface area (Å²) in [5, 5.41) is 4.96. The van der Waals surface area contributed by atoms with E-state index >= 15 is 0 Å². The summed E-state index contributed by atoms with van der Waals surface area (Å²) in [6.07, 6.45) is 4.56. The number of halogens is 1. The molecule has 4 rings (SSSR count). The lowest BCUT2D eigenvalue weighted by Gasteiger charge is -2.16. The number of rotatable bonds is 7. The summed E-state index contributed by atoms with van der Waals surface area (Å²) in [5.74, 6) is 0.805. The monoisotopic (exact) mass is 368 g/mol. The van der Waals surface area contributed by atoms with Crippen LogP contribution in [-0.4, -0.2) is 24.0 Å². The van der Waals surface area contributed by atoms with E-state index in [-0.39, 0.29) is 11.3 Å². The lowest BCUT2D eigenvalue weighted by atomic mass is 9.95. The van der Waals surface area contributed by atoms with Gasteiger partial charge in [0.15, 0.2) is 0 Å². The maximum atomic E-state index is 12.2. The Balaban J connectivity index is 1.33. The molecule has 0 spiro atoms. The molecule has 1 amide bonds. The third kappa shape index (κ3) is 3.56. The maximum Gasteiger partial charge on any atom is 0.223 e. The highest BCUT2D eigenvalue weighted by Gasteiger charge is 2.45. The number of aromatic nitrogens is 1. The minimum Gasteiger partial charge on any atom is -0.493 e. The van der Waals surface area contributed by atoms with E-state index in [9.17, 15) is 4.79 Å². The van der Waals surface area contributed by atoms with Gasteiger partial charge in [-0.1, -0.05) is 29.8 Å². The van der Waals surface area contributed by atoms with Crippen molar-refractivity contribution < 1.29 is 9.53 Å². The fourth-order valence-corrected chi connectivity index (χ4v) is 3.53. The Morgan fingerprint density at radius 1 is 1.19 bits per heavy atom. The second-order valence-corrected chi connectivity index (χ2v) is 7.30. The van der Waals surface area contributed by atoms with E-state index < -0.39 is 0 Å². The summed E-state index contributed by atoms with van der Waals surface area (Å²) < 4.78 is 5.59. The van der Waals surface area contributed by atoms with Crippen molar-refractivity contribution in [3.63, 3.8) is 0 Å². The zero-order valence-corrected chi connectivity index (χ0v) is 15.2. The van der Waals surface area contributed by atoms with E-state index in [1.807, 2.05) is 48.5 Å². The molecule has 1 fully saturated rings. The van der Waals surface area contributed by atoms with E-state index in [2.05, 4.69) is 16.5 Å². The minimum atomic E-state index is 0.0186. The number of amides is 1. The smallest absolute Gasteiger partial charge is 0.223 e. The fourth-order valence-electron chi connectivity index (χ4n) is 3.36. The molecule has 1 aliphatic rings. The number of aromatic amines is 1. The van der Waals surface area contributed by atoms with Crippen molar-refractivity contribution in [2.24, 2.45) is 0 Å². The number of fused-ring (bicyclic) bond motifs is 1. The van der Waals surface area contributed by atoms with Crippen LogP contribution >= 0.6 is 11.6 Å². The third-order valence-electron chi connectivity index (χ3n) is 5.03. The van der Waals surface area contributed by atoms with Gasteiger partial charge in [0.25, 0.3) is 0 Å². The molecule has 0 aliphatic heterocycles.